The van der Waals surface area contributed by atoms with Crippen molar-refractivity contribution < 1.29 is 14.3 Å². The topological polar surface area (TPSA) is 35.5 Å². The lowest BCUT2D eigenvalue weighted by molar-refractivity contribution is -0.153. The van der Waals surface area contributed by atoms with E-state index in [4.69, 9.17) is 9.47 Å². The van der Waals surface area contributed by atoms with Gasteiger partial charge in [-0.2, -0.15) is 0 Å². The fourth-order valence-corrected chi connectivity index (χ4v) is 6.11. The average Bonchev–Trinajstić information content (AvgIpc) is 3.03. The van der Waals surface area contributed by atoms with Crippen LogP contribution in [0.4, 0.5) is 0 Å². The largest absolute Gasteiger partial charge is 0.456 e. The molecule has 0 aliphatic heterocycles. The summed E-state index contributed by atoms with van der Waals surface area (Å²) in [5.74, 6) is 0.0841. The van der Waals surface area contributed by atoms with Crippen molar-refractivity contribution in [3.63, 3.8) is 0 Å². The molecule has 0 aromatic heterocycles. The van der Waals surface area contributed by atoms with Gasteiger partial charge in [-0.05, 0) is 66.6 Å². The summed E-state index contributed by atoms with van der Waals surface area (Å²) < 4.78 is 12.4. The Bertz CT molecular complexity index is 1450. The van der Waals surface area contributed by atoms with Gasteiger partial charge in [0.05, 0.1) is 12.2 Å². The summed E-state index contributed by atoms with van der Waals surface area (Å²) in [5, 5.41) is 0. The molecule has 0 radical (unpaired) electrons. The summed E-state index contributed by atoms with van der Waals surface area (Å²) in [5.41, 5.74) is 7.60. The molecule has 0 spiro atoms. The second kappa shape index (κ2) is 14.2. The number of carbonyl (C=O) groups is 1. The van der Waals surface area contributed by atoms with Gasteiger partial charge < -0.3 is 9.47 Å². The van der Waals surface area contributed by atoms with E-state index in [0.29, 0.717) is 13.0 Å². The zero-order chi connectivity index (χ0) is 31.9. The van der Waals surface area contributed by atoms with Crippen LogP contribution in [0, 0.1) is 0 Å². The first-order valence-electron chi connectivity index (χ1n) is 15.8. The molecule has 0 bridgehead atoms. The van der Waals surface area contributed by atoms with E-state index in [1.165, 1.54) is 45.0 Å². The lowest BCUT2D eigenvalue weighted by Crippen LogP contribution is -2.32. The van der Waals surface area contributed by atoms with Gasteiger partial charge in [-0.1, -0.05) is 130 Å². The molecule has 0 aliphatic rings. The highest BCUT2D eigenvalue weighted by Crippen LogP contribution is 2.44. The Balaban J connectivity index is 1.87. The fraction of sp³-hybridized carbons (Fsp3) is 0.341. The molecule has 0 N–H and O–H groups in total. The van der Waals surface area contributed by atoms with E-state index in [9.17, 15) is 4.79 Å². The Labute approximate surface area is 265 Å². The van der Waals surface area contributed by atoms with Gasteiger partial charge in [-0.3, -0.25) is 0 Å². The van der Waals surface area contributed by atoms with Crippen LogP contribution >= 0.6 is 0 Å². The highest BCUT2D eigenvalue weighted by Gasteiger charge is 2.34. The minimum atomic E-state index is -0.670. The maximum atomic E-state index is 11.9. The van der Waals surface area contributed by atoms with Crippen molar-refractivity contribution in [2.24, 2.45) is 0 Å². The van der Waals surface area contributed by atoms with Crippen molar-refractivity contribution in [2.75, 3.05) is 6.61 Å². The smallest absolute Gasteiger partial charge is 0.330 e. The van der Waals surface area contributed by atoms with Crippen molar-refractivity contribution in [1.82, 2.24) is 0 Å². The Kier molecular flexibility index (Phi) is 10.7. The molecule has 4 rings (SSSR count). The van der Waals surface area contributed by atoms with Gasteiger partial charge in [0.2, 0.25) is 0 Å². The summed E-state index contributed by atoms with van der Waals surface area (Å²) in [6, 6.07) is 37.0. The van der Waals surface area contributed by atoms with Crippen LogP contribution < -0.4 is 0 Å². The maximum Gasteiger partial charge on any atom is 0.330 e. The molecule has 4 aromatic rings. The second-order valence-electron chi connectivity index (χ2n) is 13.0. The Morgan fingerprint density at radius 3 is 1.50 bits per heavy atom. The molecule has 0 saturated carbocycles. The van der Waals surface area contributed by atoms with Gasteiger partial charge in [0.15, 0.2) is 0 Å². The molecular weight excluding hydrogens is 540 g/mol. The Morgan fingerprint density at radius 1 is 0.682 bits per heavy atom. The van der Waals surface area contributed by atoms with Gasteiger partial charge in [-0.25, -0.2) is 4.79 Å². The number of rotatable bonds is 13. The van der Waals surface area contributed by atoms with E-state index in [-0.39, 0.29) is 17.8 Å². The molecule has 0 fully saturated rings. The molecule has 230 valence electrons. The third-order valence-corrected chi connectivity index (χ3v) is 8.87. The second-order valence-corrected chi connectivity index (χ2v) is 13.0. The summed E-state index contributed by atoms with van der Waals surface area (Å²) in [4.78, 5) is 11.9. The molecule has 0 aliphatic carbocycles. The van der Waals surface area contributed by atoms with Gasteiger partial charge in [-0.15, -0.1) is 0 Å². The summed E-state index contributed by atoms with van der Waals surface area (Å²) in [6.07, 6.45) is 1.77. The molecular formula is C41H48O3. The minimum absolute atomic E-state index is 0.142. The molecule has 3 nitrogen and oxygen atoms in total. The molecule has 44 heavy (non-hydrogen) atoms. The number of hydrogen-bond donors (Lipinski definition) is 0. The van der Waals surface area contributed by atoms with E-state index in [1.807, 2.05) is 13.8 Å². The van der Waals surface area contributed by atoms with Crippen molar-refractivity contribution in [2.45, 2.75) is 83.8 Å². The van der Waals surface area contributed by atoms with Crippen LogP contribution in [0.5, 0.6) is 0 Å². The predicted octanol–water partition coefficient (Wildman–Crippen LogP) is 10.3. The molecule has 0 saturated heterocycles. The molecule has 0 amide bonds. The Morgan fingerprint density at radius 2 is 1.09 bits per heavy atom. The molecule has 3 atom stereocenters. The van der Waals surface area contributed by atoms with Crippen molar-refractivity contribution >= 4 is 5.97 Å². The van der Waals surface area contributed by atoms with Crippen LogP contribution in [0.1, 0.15) is 112 Å². The fourth-order valence-electron chi connectivity index (χ4n) is 6.11. The maximum absolute atomic E-state index is 11.9. The van der Waals surface area contributed by atoms with Crippen molar-refractivity contribution in [1.29, 1.82) is 0 Å². The van der Waals surface area contributed by atoms with E-state index in [2.05, 4.69) is 144 Å². The van der Waals surface area contributed by atoms with E-state index in [0.717, 1.165) is 0 Å². The number of carbonyl (C=O) groups excluding carboxylic acids is 1. The number of ether oxygens (including phenoxy) is 2. The molecule has 3 heteroatoms. The molecule has 4 aromatic carbocycles. The minimum Gasteiger partial charge on any atom is -0.456 e. The summed E-state index contributed by atoms with van der Waals surface area (Å²) >= 11 is 0. The quantitative estimate of drug-likeness (QED) is 0.115. The van der Waals surface area contributed by atoms with E-state index >= 15 is 0 Å². The molecule has 0 heterocycles. The third-order valence-electron chi connectivity index (χ3n) is 8.87. The van der Waals surface area contributed by atoms with Crippen LogP contribution in [0.3, 0.4) is 0 Å². The lowest BCUT2D eigenvalue weighted by Gasteiger charge is -2.36. The highest BCUT2D eigenvalue weighted by atomic mass is 16.6. The standard InChI is InChI=1S/C41H48O3/c1-9-38(42)44-40(5,6)25-26-43-41(7,8)39-36(30(3)33-21-15-11-16-22-33)27-35(29(2)32-19-13-10-14-20-32)28-37(39)31(4)34-23-17-12-18-24-34/h9-24,27-31H,1,25-26H2,2-8H3. The van der Waals surface area contributed by atoms with Crippen LogP contribution in [0.2, 0.25) is 0 Å². The van der Waals surface area contributed by atoms with Crippen LogP contribution in [0.15, 0.2) is 116 Å². The normalized spacial score (nSPS) is 14.0. The van der Waals surface area contributed by atoms with Gasteiger partial charge in [0, 0.05) is 30.3 Å². The van der Waals surface area contributed by atoms with E-state index in [1.54, 1.807) is 0 Å². The SMILES string of the molecule is C=CC(=O)OC(C)(C)CCOC(C)(C)c1c(C(C)c2ccccc2)cc(C(C)c2ccccc2)cc1C(C)c1ccccc1. The molecule has 3 unspecified atom stereocenters. The first-order chi connectivity index (χ1) is 20.9. The third kappa shape index (κ3) is 7.95. The highest BCUT2D eigenvalue weighted by molar-refractivity contribution is 5.81. The number of hydrogen-bond acceptors (Lipinski definition) is 3. The van der Waals surface area contributed by atoms with E-state index < -0.39 is 17.2 Å². The lowest BCUT2D eigenvalue weighted by atomic mass is 9.74. The van der Waals surface area contributed by atoms with Crippen LogP contribution in [-0.4, -0.2) is 18.2 Å². The monoisotopic (exact) mass is 588 g/mol. The van der Waals surface area contributed by atoms with Crippen molar-refractivity contribution in [3.8, 4) is 0 Å². The van der Waals surface area contributed by atoms with Crippen molar-refractivity contribution in [3.05, 3.63) is 155 Å². The Hall–Kier alpha value is -3.95. The zero-order valence-corrected chi connectivity index (χ0v) is 27.5. The zero-order valence-electron chi connectivity index (χ0n) is 27.5. The predicted molar refractivity (Wildman–Crippen MR) is 182 cm³/mol. The van der Waals surface area contributed by atoms with Gasteiger partial charge in [0.25, 0.3) is 0 Å². The van der Waals surface area contributed by atoms with Crippen LogP contribution in [0.25, 0.3) is 0 Å². The summed E-state index contributed by atoms with van der Waals surface area (Å²) in [6.45, 7) is 19.1. The first kappa shape index (κ1) is 33.0. The average molecular weight is 589 g/mol. The van der Waals surface area contributed by atoms with Gasteiger partial charge >= 0.3 is 5.97 Å². The van der Waals surface area contributed by atoms with Gasteiger partial charge in [0.1, 0.15) is 5.60 Å². The number of esters is 1. The summed E-state index contributed by atoms with van der Waals surface area (Å²) in [7, 11) is 0. The first-order valence-corrected chi connectivity index (χ1v) is 15.8. The van der Waals surface area contributed by atoms with Crippen LogP contribution in [-0.2, 0) is 19.9 Å². The number of benzene rings is 4.